The summed E-state index contributed by atoms with van der Waals surface area (Å²) in [6, 6.07) is 2.50. The molecule has 3 aliphatic rings. The van der Waals surface area contributed by atoms with Crippen molar-refractivity contribution in [3.8, 4) is 12.0 Å². The lowest BCUT2D eigenvalue weighted by Gasteiger charge is -2.42. The highest BCUT2D eigenvalue weighted by atomic mass is 16.7. The van der Waals surface area contributed by atoms with Crippen LogP contribution in [0.2, 0.25) is 0 Å². The van der Waals surface area contributed by atoms with Gasteiger partial charge in [-0.15, -0.1) is 0 Å². The van der Waals surface area contributed by atoms with E-state index in [2.05, 4.69) is 44.9 Å². The largest absolute Gasteiger partial charge is 0.359 e. The Morgan fingerprint density at radius 3 is 2.67 bits per heavy atom. The molecule has 2 saturated carbocycles. The lowest BCUT2D eigenvalue weighted by atomic mass is 9.90. The Bertz CT molecular complexity index is 518. The van der Waals surface area contributed by atoms with Crippen molar-refractivity contribution in [3.63, 3.8) is 0 Å². The second-order valence-corrected chi connectivity index (χ2v) is 9.02. The maximum Gasteiger partial charge on any atom is 0.168 e. The van der Waals surface area contributed by atoms with Crippen molar-refractivity contribution in [2.45, 2.75) is 65.1 Å². The molecule has 1 heterocycles. The Labute approximate surface area is 147 Å². The minimum Gasteiger partial charge on any atom is -0.359 e. The highest BCUT2D eigenvalue weighted by Crippen LogP contribution is 2.55. The van der Waals surface area contributed by atoms with Crippen LogP contribution in [0.15, 0.2) is 12.2 Å². The minimum absolute atomic E-state index is 0.158. The number of allylic oxidation sites excluding steroid dienone is 2. The van der Waals surface area contributed by atoms with Crippen molar-refractivity contribution in [1.29, 1.82) is 0 Å². The molecule has 4 unspecified atom stereocenters. The Morgan fingerprint density at radius 1 is 1.21 bits per heavy atom. The van der Waals surface area contributed by atoms with Gasteiger partial charge in [-0.05, 0) is 42.9 Å². The fraction of sp³-hybridized carbons (Fsp3) is 0.810. The molecule has 24 heavy (non-hydrogen) atoms. The van der Waals surface area contributed by atoms with Crippen molar-refractivity contribution >= 4 is 0 Å². The molecule has 1 spiro atoms. The van der Waals surface area contributed by atoms with E-state index in [9.17, 15) is 0 Å². The Hall–Kier alpha value is -0.980. The van der Waals surface area contributed by atoms with Crippen LogP contribution in [0.5, 0.6) is 0 Å². The normalized spacial score (nSPS) is 34.9. The molecular formula is C21H33NO2. The van der Waals surface area contributed by atoms with Crippen LogP contribution in [0.4, 0.5) is 0 Å². The summed E-state index contributed by atoms with van der Waals surface area (Å²) in [5.41, 5.74) is 5.40. The summed E-state index contributed by atoms with van der Waals surface area (Å²) < 4.78 is 12.5. The second-order valence-electron chi connectivity index (χ2n) is 9.02. The van der Waals surface area contributed by atoms with Crippen molar-refractivity contribution in [1.82, 2.24) is 0 Å². The lowest BCUT2D eigenvalue weighted by molar-refractivity contribution is -0.297. The summed E-state index contributed by atoms with van der Waals surface area (Å²) in [5, 5.41) is 0. The van der Waals surface area contributed by atoms with Gasteiger partial charge in [0.05, 0.1) is 13.2 Å². The van der Waals surface area contributed by atoms with Crippen LogP contribution in [-0.2, 0) is 9.47 Å². The average Bonchev–Trinajstić information content (AvgIpc) is 3.07. The zero-order valence-electron chi connectivity index (χ0n) is 15.5. The van der Waals surface area contributed by atoms with Gasteiger partial charge in [0.1, 0.15) is 0 Å². The predicted octanol–water partition coefficient (Wildman–Crippen LogP) is 4.08. The average molecular weight is 332 g/mol. The minimum atomic E-state index is -0.276. The first-order chi connectivity index (χ1) is 11.4. The molecule has 0 aromatic carbocycles. The van der Waals surface area contributed by atoms with Crippen LogP contribution in [-0.4, -0.2) is 19.0 Å². The van der Waals surface area contributed by atoms with Crippen molar-refractivity contribution in [2.75, 3.05) is 13.2 Å². The van der Waals surface area contributed by atoms with Gasteiger partial charge in [-0.2, -0.15) is 0 Å². The zero-order chi connectivity index (χ0) is 17.2. The molecule has 0 bridgehead atoms. The maximum atomic E-state index is 6.24. The van der Waals surface area contributed by atoms with Crippen molar-refractivity contribution < 1.29 is 9.47 Å². The van der Waals surface area contributed by atoms with Crippen LogP contribution in [0, 0.1) is 41.1 Å². The van der Waals surface area contributed by atoms with E-state index in [4.69, 9.17) is 15.2 Å². The van der Waals surface area contributed by atoms with E-state index in [1.807, 2.05) is 0 Å². The highest BCUT2D eigenvalue weighted by molar-refractivity contribution is 5.05. The summed E-state index contributed by atoms with van der Waals surface area (Å²) in [7, 11) is 0. The first-order valence-electron chi connectivity index (χ1n) is 9.56. The summed E-state index contributed by atoms with van der Waals surface area (Å²) in [4.78, 5) is 0. The molecule has 3 nitrogen and oxygen atoms in total. The SMILES string of the molecule is CC(CC#CN)C/C=C/C1CCC2CC3(CC12)OCC(C)(C)CO3. The molecule has 1 saturated heterocycles. The monoisotopic (exact) mass is 331 g/mol. The highest BCUT2D eigenvalue weighted by Gasteiger charge is 2.54. The number of fused-ring (bicyclic) bond motifs is 1. The molecule has 3 fully saturated rings. The van der Waals surface area contributed by atoms with Crippen LogP contribution in [0.1, 0.15) is 59.3 Å². The van der Waals surface area contributed by atoms with Gasteiger partial charge in [-0.25, -0.2) is 0 Å². The van der Waals surface area contributed by atoms with Crippen LogP contribution >= 0.6 is 0 Å². The molecule has 134 valence electrons. The second kappa shape index (κ2) is 7.10. The predicted molar refractivity (Wildman–Crippen MR) is 96.9 cm³/mol. The van der Waals surface area contributed by atoms with Gasteiger partial charge >= 0.3 is 0 Å². The Kier molecular flexibility index (Phi) is 5.27. The molecule has 0 amide bonds. The van der Waals surface area contributed by atoms with E-state index in [1.165, 1.54) is 12.8 Å². The number of hydrogen-bond donors (Lipinski definition) is 1. The van der Waals surface area contributed by atoms with Gasteiger partial charge in [0, 0.05) is 30.7 Å². The number of nitrogens with two attached hydrogens (primary N) is 1. The van der Waals surface area contributed by atoms with Crippen LogP contribution in [0.3, 0.4) is 0 Å². The van der Waals surface area contributed by atoms with E-state index in [0.717, 1.165) is 50.7 Å². The topological polar surface area (TPSA) is 44.5 Å². The number of rotatable bonds is 4. The van der Waals surface area contributed by atoms with E-state index in [-0.39, 0.29) is 11.2 Å². The van der Waals surface area contributed by atoms with Gasteiger partial charge < -0.3 is 15.2 Å². The third kappa shape index (κ3) is 3.98. The quantitative estimate of drug-likeness (QED) is 0.479. The van der Waals surface area contributed by atoms with Gasteiger partial charge in [-0.3, -0.25) is 0 Å². The number of hydrogen-bond acceptors (Lipinski definition) is 3. The van der Waals surface area contributed by atoms with Gasteiger partial charge in [0.15, 0.2) is 5.79 Å². The van der Waals surface area contributed by atoms with Crippen molar-refractivity contribution in [2.24, 2.45) is 34.8 Å². The third-order valence-electron chi connectivity index (χ3n) is 6.07. The summed E-state index contributed by atoms with van der Waals surface area (Å²) >= 11 is 0. The molecule has 1 aliphatic heterocycles. The first-order valence-corrected chi connectivity index (χ1v) is 9.56. The lowest BCUT2D eigenvalue weighted by Crippen LogP contribution is -2.46. The molecule has 3 rings (SSSR count). The van der Waals surface area contributed by atoms with Crippen molar-refractivity contribution in [3.05, 3.63) is 12.2 Å². The first kappa shape index (κ1) is 17.8. The molecule has 0 aromatic rings. The molecule has 0 radical (unpaired) electrons. The molecule has 2 aliphatic carbocycles. The van der Waals surface area contributed by atoms with Gasteiger partial charge in [-0.1, -0.05) is 38.8 Å². The maximum absolute atomic E-state index is 6.24. The Balaban J connectivity index is 1.53. The van der Waals surface area contributed by atoms with Crippen LogP contribution in [0.25, 0.3) is 0 Å². The molecular weight excluding hydrogens is 298 g/mol. The van der Waals surface area contributed by atoms with E-state index in [1.54, 1.807) is 0 Å². The van der Waals surface area contributed by atoms with Crippen LogP contribution < -0.4 is 5.73 Å². The molecule has 4 atom stereocenters. The smallest absolute Gasteiger partial charge is 0.168 e. The summed E-state index contributed by atoms with van der Waals surface area (Å²) in [5.74, 6) is 5.49. The van der Waals surface area contributed by atoms with E-state index < -0.39 is 0 Å². The molecule has 2 N–H and O–H groups in total. The van der Waals surface area contributed by atoms with E-state index in [0.29, 0.717) is 11.8 Å². The third-order valence-corrected chi connectivity index (χ3v) is 6.07. The van der Waals surface area contributed by atoms with Gasteiger partial charge in [0.25, 0.3) is 0 Å². The molecule has 3 heteroatoms. The summed E-state index contributed by atoms with van der Waals surface area (Å²) in [6.07, 6.45) is 11.6. The van der Waals surface area contributed by atoms with Gasteiger partial charge in [0.2, 0.25) is 0 Å². The Morgan fingerprint density at radius 2 is 1.96 bits per heavy atom. The molecule has 0 aromatic heterocycles. The summed E-state index contributed by atoms with van der Waals surface area (Å²) in [6.45, 7) is 8.33. The standard InChI is InChI=1S/C21H33NO2/c1-16(7-5-11-22)6-4-8-17-9-10-18-12-21(13-19(17)18)23-14-20(2,3)15-24-21/h4,8,16-19H,6-7,9-10,12-15,22H2,1-3H3/b8-4+. The van der Waals surface area contributed by atoms with E-state index >= 15 is 0 Å². The fourth-order valence-electron chi connectivity index (χ4n) is 4.61. The fourth-order valence-corrected chi connectivity index (χ4v) is 4.61. The number of ether oxygens (including phenoxy) is 2. The zero-order valence-corrected chi connectivity index (χ0v) is 15.5.